The van der Waals surface area contributed by atoms with Crippen molar-refractivity contribution < 1.29 is 0 Å². The first-order valence-electron chi connectivity index (χ1n) is 7.87. The van der Waals surface area contributed by atoms with Gasteiger partial charge in [0.25, 0.3) is 0 Å². The molecule has 0 aromatic carbocycles. The minimum Gasteiger partial charge on any atom is -0.353 e. The van der Waals surface area contributed by atoms with E-state index in [1.165, 1.54) is 30.5 Å². The molecule has 0 atom stereocenters. The van der Waals surface area contributed by atoms with Gasteiger partial charge in [-0.3, -0.25) is 0 Å². The number of hydrogen-bond donors (Lipinski definition) is 0. The molecule has 0 amide bonds. The molecule has 0 radical (unpaired) electrons. The highest BCUT2D eigenvalue weighted by Crippen LogP contribution is 2.28. The molecule has 0 saturated heterocycles. The molecule has 0 unspecified atom stereocenters. The molecule has 0 fully saturated rings. The minimum atomic E-state index is 0.380. The molecule has 0 N–H and O–H groups in total. The molecular weight excluding hydrogens is 246 g/mol. The lowest BCUT2D eigenvalue weighted by atomic mass is 10.1. The zero-order valence-electron chi connectivity index (χ0n) is 12.9. The van der Waals surface area contributed by atoms with Gasteiger partial charge in [0.15, 0.2) is 0 Å². The summed E-state index contributed by atoms with van der Waals surface area (Å²) in [6.45, 7) is 7.57. The second kappa shape index (κ2) is 6.74. The number of anilines is 1. The molecule has 3 heteroatoms. The van der Waals surface area contributed by atoms with Crippen LogP contribution in [0.15, 0.2) is 6.07 Å². The Balaban J connectivity index is 2.30. The summed E-state index contributed by atoms with van der Waals surface area (Å²) in [5.41, 5.74) is 3.23. The first kappa shape index (κ1) is 14.8. The van der Waals surface area contributed by atoms with Crippen LogP contribution in [0.5, 0.6) is 0 Å². The van der Waals surface area contributed by atoms with Crippen LogP contribution in [0.1, 0.15) is 63.3 Å². The molecule has 108 valence electrons. The van der Waals surface area contributed by atoms with Crippen LogP contribution in [0.3, 0.4) is 0 Å². The van der Waals surface area contributed by atoms with Gasteiger partial charge in [-0.15, -0.1) is 0 Å². The molecule has 0 saturated carbocycles. The van der Waals surface area contributed by atoms with Gasteiger partial charge in [-0.2, -0.15) is 5.26 Å². The van der Waals surface area contributed by atoms with Gasteiger partial charge < -0.3 is 4.90 Å². The van der Waals surface area contributed by atoms with Gasteiger partial charge in [0, 0.05) is 18.3 Å². The third-order valence-corrected chi connectivity index (χ3v) is 4.05. The average Bonchev–Trinajstić information content (AvgIpc) is 2.89. The summed E-state index contributed by atoms with van der Waals surface area (Å²) >= 11 is 0. The molecule has 0 bridgehead atoms. The van der Waals surface area contributed by atoms with Crippen molar-refractivity contribution in [2.75, 3.05) is 11.4 Å². The molecule has 1 aliphatic rings. The number of nitriles is 1. The number of unbranched alkanes of at least 4 members (excludes halogenated alkanes) is 2. The van der Waals surface area contributed by atoms with Gasteiger partial charge in [-0.05, 0) is 51.2 Å². The third kappa shape index (κ3) is 3.12. The maximum absolute atomic E-state index is 9.44. The van der Waals surface area contributed by atoms with Gasteiger partial charge >= 0.3 is 0 Å². The lowest BCUT2D eigenvalue weighted by Crippen LogP contribution is -2.33. The van der Waals surface area contributed by atoms with Crippen molar-refractivity contribution in [3.8, 4) is 6.07 Å². The average molecular weight is 271 g/mol. The zero-order valence-corrected chi connectivity index (χ0v) is 12.9. The molecule has 1 heterocycles. The Morgan fingerprint density at radius 1 is 1.35 bits per heavy atom. The Kier molecular flexibility index (Phi) is 5.00. The maximum atomic E-state index is 9.44. The smallest absolute Gasteiger partial charge is 0.147 e. The number of aryl methyl sites for hydroxylation is 2. The van der Waals surface area contributed by atoms with Crippen LogP contribution >= 0.6 is 0 Å². The monoisotopic (exact) mass is 271 g/mol. The number of aromatic nitrogens is 1. The van der Waals surface area contributed by atoms with Crippen LogP contribution in [0, 0.1) is 11.3 Å². The van der Waals surface area contributed by atoms with Gasteiger partial charge in [0.1, 0.15) is 11.9 Å². The van der Waals surface area contributed by atoms with E-state index in [2.05, 4.69) is 37.8 Å². The molecule has 1 aliphatic carbocycles. The van der Waals surface area contributed by atoms with Crippen molar-refractivity contribution in [2.45, 2.75) is 65.3 Å². The molecule has 1 aromatic rings. The summed E-state index contributed by atoms with van der Waals surface area (Å²) in [4.78, 5) is 7.13. The maximum Gasteiger partial charge on any atom is 0.147 e. The summed E-state index contributed by atoms with van der Waals surface area (Å²) in [7, 11) is 0. The van der Waals surface area contributed by atoms with Crippen molar-refractivity contribution in [3.63, 3.8) is 0 Å². The van der Waals surface area contributed by atoms with Crippen molar-refractivity contribution in [2.24, 2.45) is 0 Å². The number of pyridine rings is 1. The largest absolute Gasteiger partial charge is 0.353 e. The van der Waals surface area contributed by atoms with E-state index in [4.69, 9.17) is 4.98 Å². The fourth-order valence-corrected chi connectivity index (χ4v) is 2.90. The van der Waals surface area contributed by atoms with Crippen molar-refractivity contribution in [1.82, 2.24) is 4.98 Å². The first-order valence-corrected chi connectivity index (χ1v) is 7.87. The topological polar surface area (TPSA) is 39.9 Å². The van der Waals surface area contributed by atoms with E-state index >= 15 is 0 Å². The standard InChI is InChI=1S/C17H25N3/c1-4-5-6-10-20(13(2)3)17-15(12-18)11-14-8-7-9-16(14)19-17/h11,13H,4-10H2,1-3H3. The number of rotatable bonds is 6. The summed E-state index contributed by atoms with van der Waals surface area (Å²) in [6, 6.07) is 4.80. The van der Waals surface area contributed by atoms with Crippen molar-refractivity contribution in [1.29, 1.82) is 5.26 Å². The normalized spacial score (nSPS) is 13.3. The Morgan fingerprint density at radius 2 is 2.15 bits per heavy atom. The number of fused-ring (bicyclic) bond motifs is 1. The van der Waals surface area contributed by atoms with E-state index in [0.29, 0.717) is 6.04 Å². The van der Waals surface area contributed by atoms with Crippen LogP contribution in [-0.2, 0) is 12.8 Å². The quantitative estimate of drug-likeness (QED) is 0.738. The zero-order chi connectivity index (χ0) is 14.5. The molecule has 20 heavy (non-hydrogen) atoms. The Bertz CT molecular complexity index is 500. The summed E-state index contributed by atoms with van der Waals surface area (Å²) in [5.74, 6) is 0.902. The molecule has 1 aromatic heterocycles. The fraction of sp³-hybridized carbons (Fsp3) is 0.647. The first-order chi connectivity index (χ1) is 9.67. The van der Waals surface area contributed by atoms with Gasteiger partial charge in [0.2, 0.25) is 0 Å². The summed E-state index contributed by atoms with van der Waals surface area (Å²) in [5, 5.41) is 9.44. The fourth-order valence-electron chi connectivity index (χ4n) is 2.90. The highest BCUT2D eigenvalue weighted by atomic mass is 15.2. The van der Waals surface area contributed by atoms with Crippen molar-refractivity contribution in [3.05, 3.63) is 22.9 Å². The van der Waals surface area contributed by atoms with Crippen LogP contribution in [0.25, 0.3) is 0 Å². The van der Waals surface area contributed by atoms with E-state index in [0.717, 1.165) is 37.2 Å². The molecule has 0 spiro atoms. The third-order valence-electron chi connectivity index (χ3n) is 4.05. The van der Waals surface area contributed by atoms with Gasteiger partial charge in [0.05, 0.1) is 5.56 Å². The van der Waals surface area contributed by atoms with E-state index in [1.54, 1.807) is 0 Å². The van der Waals surface area contributed by atoms with E-state index in [-0.39, 0.29) is 0 Å². The minimum absolute atomic E-state index is 0.380. The molecule has 2 rings (SSSR count). The second-order valence-electron chi connectivity index (χ2n) is 5.92. The SMILES string of the molecule is CCCCCN(c1nc2c(cc1C#N)CCC2)C(C)C. The predicted molar refractivity (Wildman–Crippen MR) is 83.0 cm³/mol. The lowest BCUT2D eigenvalue weighted by molar-refractivity contribution is 0.618. The highest BCUT2D eigenvalue weighted by Gasteiger charge is 2.21. The number of nitrogens with zero attached hydrogens (tertiary/aromatic N) is 3. The van der Waals surface area contributed by atoms with Crippen LogP contribution < -0.4 is 4.90 Å². The molecule has 0 aliphatic heterocycles. The Morgan fingerprint density at radius 3 is 2.80 bits per heavy atom. The predicted octanol–water partition coefficient (Wildman–Crippen LogP) is 3.85. The summed E-state index contributed by atoms with van der Waals surface area (Å²) < 4.78 is 0. The van der Waals surface area contributed by atoms with E-state index in [9.17, 15) is 5.26 Å². The molecular formula is C17H25N3. The van der Waals surface area contributed by atoms with Gasteiger partial charge in [-0.25, -0.2) is 4.98 Å². The van der Waals surface area contributed by atoms with Crippen molar-refractivity contribution >= 4 is 5.82 Å². The van der Waals surface area contributed by atoms with Gasteiger partial charge in [-0.1, -0.05) is 19.8 Å². The lowest BCUT2D eigenvalue weighted by Gasteiger charge is -2.29. The van der Waals surface area contributed by atoms with E-state index < -0.39 is 0 Å². The second-order valence-corrected chi connectivity index (χ2v) is 5.92. The highest BCUT2D eigenvalue weighted by molar-refractivity contribution is 5.57. The summed E-state index contributed by atoms with van der Waals surface area (Å²) in [6.07, 6.45) is 6.93. The van der Waals surface area contributed by atoms with Crippen LogP contribution in [0.4, 0.5) is 5.82 Å². The number of hydrogen-bond acceptors (Lipinski definition) is 3. The van der Waals surface area contributed by atoms with Crippen LogP contribution in [-0.4, -0.2) is 17.6 Å². The molecule has 3 nitrogen and oxygen atoms in total. The Hall–Kier alpha value is -1.56. The Labute approximate surface area is 122 Å². The van der Waals surface area contributed by atoms with E-state index in [1.807, 2.05) is 0 Å². The van der Waals surface area contributed by atoms with Crippen LogP contribution in [0.2, 0.25) is 0 Å².